The lowest BCUT2D eigenvalue weighted by atomic mass is 9.97. The van der Waals surface area contributed by atoms with E-state index >= 15 is 0 Å². The van der Waals surface area contributed by atoms with Crippen LogP contribution < -0.4 is 5.73 Å². The summed E-state index contributed by atoms with van der Waals surface area (Å²) < 4.78 is 0. The number of amides is 2. The van der Waals surface area contributed by atoms with Crippen molar-refractivity contribution in [1.82, 2.24) is 4.90 Å². The molecule has 1 heterocycles. The van der Waals surface area contributed by atoms with Gasteiger partial charge >= 0.3 is 0 Å². The number of piperidine rings is 1. The van der Waals surface area contributed by atoms with Crippen LogP contribution >= 0.6 is 0 Å². The lowest BCUT2D eigenvalue weighted by Gasteiger charge is -2.26. The Morgan fingerprint density at radius 3 is 2.67 bits per heavy atom. The maximum atomic E-state index is 13.1. The van der Waals surface area contributed by atoms with Gasteiger partial charge in [-0.3, -0.25) is 9.59 Å². The molecule has 1 aliphatic carbocycles. The van der Waals surface area contributed by atoms with Gasteiger partial charge in [-0.05, 0) is 42.4 Å². The zero-order valence-corrected chi connectivity index (χ0v) is 13.6. The first-order chi connectivity index (χ1) is 11.6. The number of carbonyl (C=O) groups excluding carboxylic acids is 2. The zero-order chi connectivity index (χ0) is 16.8. The Morgan fingerprint density at radius 2 is 1.92 bits per heavy atom. The number of aryl methyl sites for hydroxylation is 1. The number of benzene rings is 2. The molecule has 0 spiro atoms. The van der Waals surface area contributed by atoms with Gasteiger partial charge in [-0.1, -0.05) is 48.0 Å². The topological polar surface area (TPSA) is 63.4 Å². The maximum absolute atomic E-state index is 13.1. The van der Waals surface area contributed by atoms with Crippen molar-refractivity contribution >= 4 is 11.8 Å². The molecule has 1 saturated heterocycles. The van der Waals surface area contributed by atoms with Gasteiger partial charge < -0.3 is 10.6 Å². The molecule has 2 N–H and O–H groups in total. The number of nitrogens with two attached hydrogens (primary N) is 1. The summed E-state index contributed by atoms with van der Waals surface area (Å²) in [6, 6.07) is 15.2. The molecule has 2 aromatic carbocycles. The van der Waals surface area contributed by atoms with Crippen LogP contribution in [-0.2, 0) is 4.79 Å². The van der Waals surface area contributed by atoms with Crippen molar-refractivity contribution in [2.75, 3.05) is 6.54 Å². The van der Waals surface area contributed by atoms with E-state index in [1.54, 1.807) is 4.90 Å². The summed E-state index contributed by atoms with van der Waals surface area (Å²) in [4.78, 5) is 26.6. The largest absolute Gasteiger partial charge is 0.368 e. The molecule has 4 heteroatoms. The smallest absolute Gasteiger partial charge is 0.255 e. The number of carbonyl (C=O) groups is 2. The number of nitrogens with zero attached hydrogens (tertiary/aromatic N) is 1. The fourth-order valence-electron chi connectivity index (χ4n) is 3.93. The van der Waals surface area contributed by atoms with Crippen LogP contribution in [0.5, 0.6) is 0 Å². The molecule has 2 aliphatic rings. The maximum Gasteiger partial charge on any atom is 0.255 e. The van der Waals surface area contributed by atoms with Crippen LogP contribution in [0.4, 0.5) is 0 Å². The van der Waals surface area contributed by atoms with Gasteiger partial charge in [-0.2, -0.15) is 0 Å². The first-order valence-corrected chi connectivity index (χ1v) is 8.32. The predicted octanol–water partition coefficient (Wildman–Crippen LogP) is 2.61. The van der Waals surface area contributed by atoms with E-state index in [1.807, 2.05) is 49.4 Å². The summed E-state index contributed by atoms with van der Waals surface area (Å²) in [5.74, 6) is 0.222. The number of hydrogen-bond acceptors (Lipinski definition) is 2. The molecule has 1 saturated carbocycles. The van der Waals surface area contributed by atoms with Crippen molar-refractivity contribution in [3.8, 4) is 11.1 Å². The van der Waals surface area contributed by atoms with Gasteiger partial charge in [0.2, 0.25) is 5.91 Å². The van der Waals surface area contributed by atoms with Crippen molar-refractivity contribution in [3.63, 3.8) is 0 Å². The highest BCUT2D eigenvalue weighted by atomic mass is 16.2. The van der Waals surface area contributed by atoms with Crippen molar-refractivity contribution in [2.24, 2.45) is 17.6 Å². The van der Waals surface area contributed by atoms with Crippen LogP contribution in [0, 0.1) is 18.8 Å². The Labute approximate surface area is 141 Å². The molecule has 2 fully saturated rings. The molecule has 4 rings (SSSR count). The van der Waals surface area contributed by atoms with Crippen LogP contribution in [0.2, 0.25) is 0 Å². The second-order valence-electron chi connectivity index (χ2n) is 6.88. The quantitative estimate of drug-likeness (QED) is 0.945. The Hall–Kier alpha value is -2.62. The average Bonchev–Trinajstić information content (AvgIpc) is 3.23. The SMILES string of the molecule is Cc1cccc(-c2ccccc2C(=O)N2C[C@H]3C[C@H]3[C@H]2C(N)=O)c1. The number of likely N-dealkylation sites (tertiary alicyclic amines) is 1. The number of hydrogen-bond donors (Lipinski definition) is 1. The van der Waals surface area contributed by atoms with Crippen LogP contribution in [-0.4, -0.2) is 29.3 Å². The van der Waals surface area contributed by atoms with Crippen LogP contribution in [0.15, 0.2) is 48.5 Å². The van der Waals surface area contributed by atoms with E-state index < -0.39 is 6.04 Å². The molecule has 24 heavy (non-hydrogen) atoms. The molecule has 0 bridgehead atoms. The monoisotopic (exact) mass is 320 g/mol. The number of primary amides is 1. The Bertz CT molecular complexity index is 830. The third kappa shape index (κ3) is 2.39. The van der Waals surface area contributed by atoms with Gasteiger partial charge in [-0.15, -0.1) is 0 Å². The predicted molar refractivity (Wildman–Crippen MR) is 92.2 cm³/mol. The Kier molecular flexibility index (Phi) is 3.41. The molecular formula is C20H20N2O2. The van der Waals surface area contributed by atoms with E-state index in [9.17, 15) is 9.59 Å². The third-order valence-electron chi connectivity index (χ3n) is 5.19. The van der Waals surface area contributed by atoms with Crippen molar-refractivity contribution in [1.29, 1.82) is 0 Å². The zero-order valence-electron chi connectivity index (χ0n) is 13.6. The van der Waals surface area contributed by atoms with Gasteiger partial charge in [-0.25, -0.2) is 0 Å². The normalized spacial score (nSPS) is 24.5. The van der Waals surface area contributed by atoms with Gasteiger partial charge in [0.05, 0.1) is 0 Å². The molecule has 0 unspecified atom stereocenters. The molecule has 122 valence electrons. The summed E-state index contributed by atoms with van der Waals surface area (Å²) in [5.41, 5.74) is 9.25. The molecule has 3 atom stereocenters. The number of rotatable bonds is 3. The third-order valence-corrected chi connectivity index (χ3v) is 5.19. The minimum Gasteiger partial charge on any atom is -0.368 e. The van der Waals surface area contributed by atoms with E-state index in [4.69, 9.17) is 5.73 Å². The highest BCUT2D eigenvalue weighted by Gasteiger charge is 2.56. The van der Waals surface area contributed by atoms with E-state index in [0.29, 0.717) is 18.0 Å². The van der Waals surface area contributed by atoms with Crippen molar-refractivity contribution < 1.29 is 9.59 Å². The Morgan fingerprint density at radius 1 is 1.12 bits per heavy atom. The molecule has 0 radical (unpaired) electrons. The van der Waals surface area contributed by atoms with Crippen LogP contribution in [0.3, 0.4) is 0 Å². The lowest BCUT2D eigenvalue weighted by molar-refractivity contribution is -0.122. The van der Waals surface area contributed by atoms with E-state index in [1.165, 1.54) is 0 Å². The van der Waals surface area contributed by atoms with Gasteiger partial charge in [0.25, 0.3) is 5.91 Å². The van der Waals surface area contributed by atoms with E-state index in [-0.39, 0.29) is 17.7 Å². The standard InChI is InChI=1S/C20H20N2O2/c1-12-5-4-6-13(9-12)15-7-2-3-8-16(15)20(24)22-11-14-10-17(14)18(22)19(21)23/h2-9,14,17-18H,10-11H2,1H3,(H2,21,23)/t14-,17-,18+/m1/s1. The van der Waals surface area contributed by atoms with Gasteiger partial charge in [0, 0.05) is 12.1 Å². The summed E-state index contributed by atoms with van der Waals surface area (Å²) >= 11 is 0. The lowest BCUT2D eigenvalue weighted by Crippen LogP contribution is -2.46. The molecule has 1 aliphatic heterocycles. The minimum absolute atomic E-state index is 0.0943. The molecule has 2 amide bonds. The van der Waals surface area contributed by atoms with Gasteiger partial charge in [0.15, 0.2) is 0 Å². The summed E-state index contributed by atoms with van der Waals surface area (Å²) in [6.07, 6.45) is 1.01. The average molecular weight is 320 g/mol. The Balaban J connectivity index is 1.72. The summed E-state index contributed by atoms with van der Waals surface area (Å²) in [7, 11) is 0. The highest BCUT2D eigenvalue weighted by molar-refractivity contribution is 6.03. The first-order valence-electron chi connectivity index (χ1n) is 8.32. The molecular weight excluding hydrogens is 300 g/mol. The molecule has 4 nitrogen and oxygen atoms in total. The summed E-state index contributed by atoms with van der Waals surface area (Å²) in [6.45, 7) is 2.67. The fraction of sp³-hybridized carbons (Fsp3) is 0.300. The van der Waals surface area contributed by atoms with Crippen molar-refractivity contribution in [3.05, 3.63) is 59.7 Å². The van der Waals surface area contributed by atoms with Crippen LogP contribution in [0.1, 0.15) is 22.3 Å². The van der Waals surface area contributed by atoms with Gasteiger partial charge in [0.1, 0.15) is 6.04 Å². The first kappa shape index (κ1) is 14.9. The van der Waals surface area contributed by atoms with E-state index in [2.05, 4.69) is 6.07 Å². The number of fused-ring (bicyclic) bond motifs is 1. The minimum atomic E-state index is -0.451. The molecule has 0 aromatic heterocycles. The fourth-order valence-corrected chi connectivity index (χ4v) is 3.93. The second-order valence-corrected chi connectivity index (χ2v) is 6.88. The van der Waals surface area contributed by atoms with E-state index in [0.717, 1.165) is 23.1 Å². The van der Waals surface area contributed by atoms with Crippen LogP contribution in [0.25, 0.3) is 11.1 Å². The highest BCUT2D eigenvalue weighted by Crippen LogP contribution is 2.50. The molecule has 2 aromatic rings. The van der Waals surface area contributed by atoms with Crippen molar-refractivity contribution in [2.45, 2.75) is 19.4 Å². The second kappa shape index (κ2) is 5.48. The summed E-state index contributed by atoms with van der Waals surface area (Å²) in [5, 5.41) is 0.